The van der Waals surface area contributed by atoms with Crippen molar-refractivity contribution in [3.63, 3.8) is 0 Å². The summed E-state index contributed by atoms with van der Waals surface area (Å²) in [5, 5.41) is 3.43. The predicted octanol–water partition coefficient (Wildman–Crippen LogP) is 2.46. The standard InChI is InChI=1S/C14H19N3/c1-10-9-13(11-7-8-11)17-14(15-10)16-12-5-3-2-4-6-12/h2-5,11-13H,6-9H2,1H3,(H,16,17). The van der Waals surface area contributed by atoms with Gasteiger partial charge in [-0.05, 0) is 32.1 Å². The SMILES string of the molecule is CC1=NC(NC2C=CC=CC2)=NC(C2CC2)C1. The van der Waals surface area contributed by atoms with Crippen LogP contribution in [0.3, 0.4) is 0 Å². The van der Waals surface area contributed by atoms with Crippen LogP contribution in [-0.2, 0) is 0 Å². The minimum atomic E-state index is 0.355. The molecule has 0 bridgehead atoms. The smallest absolute Gasteiger partial charge is 0.218 e. The van der Waals surface area contributed by atoms with Gasteiger partial charge in [-0.1, -0.05) is 24.3 Å². The van der Waals surface area contributed by atoms with Crippen LogP contribution < -0.4 is 5.32 Å². The number of guanidine groups is 1. The molecule has 0 spiro atoms. The lowest BCUT2D eigenvalue weighted by molar-refractivity contribution is 0.599. The van der Waals surface area contributed by atoms with Gasteiger partial charge in [0, 0.05) is 12.1 Å². The van der Waals surface area contributed by atoms with Crippen molar-refractivity contribution in [2.24, 2.45) is 15.9 Å². The Morgan fingerprint density at radius 3 is 2.88 bits per heavy atom. The zero-order chi connectivity index (χ0) is 11.7. The van der Waals surface area contributed by atoms with E-state index >= 15 is 0 Å². The molecule has 90 valence electrons. The molecule has 2 unspecified atom stereocenters. The lowest BCUT2D eigenvalue weighted by Gasteiger charge is -2.22. The molecule has 2 atom stereocenters. The van der Waals surface area contributed by atoms with E-state index in [0.717, 1.165) is 24.7 Å². The molecule has 3 rings (SSSR count). The van der Waals surface area contributed by atoms with Gasteiger partial charge in [0.1, 0.15) is 0 Å². The highest BCUT2D eigenvalue weighted by Crippen LogP contribution is 2.37. The normalized spacial score (nSPS) is 32.1. The second-order valence-corrected chi connectivity index (χ2v) is 5.21. The van der Waals surface area contributed by atoms with Crippen LogP contribution in [-0.4, -0.2) is 23.8 Å². The Morgan fingerprint density at radius 1 is 1.29 bits per heavy atom. The first kappa shape index (κ1) is 10.8. The predicted molar refractivity (Wildman–Crippen MR) is 71.5 cm³/mol. The molecule has 17 heavy (non-hydrogen) atoms. The van der Waals surface area contributed by atoms with Crippen LogP contribution in [0.1, 0.15) is 32.6 Å². The van der Waals surface area contributed by atoms with Crippen LogP contribution in [0.4, 0.5) is 0 Å². The van der Waals surface area contributed by atoms with Gasteiger partial charge in [-0.3, -0.25) is 0 Å². The van der Waals surface area contributed by atoms with Crippen LogP contribution in [0, 0.1) is 5.92 Å². The molecule has 0 aromatic heterocycles. The van der Waals surface area contributed by atoms with Gasteiger partial charge in [-0.2, -0.15) is 0 Å². The third kappa shape index (κ3) is 2.65. The molecule has 0 aromatic carbocycles. The van der Waals surface area contributed by atoms with Crippen molar-refractivity contribution in [3.05, 3.63) is 24.3 Å². The Balaban J connectivity index is 1.67. The maximum atomic E-state index is 4.75. The number of allylic oxidation sites excluding steroid dienone is 2. The second-order valence-electron chi connectivity index (χ2n) is 5.21. The Kier molecular flexibility index (Phi) is 2.83. The topological polar surface area (TPSA) is 36.8 Å². The minimum Gasteiger partial charge on any atom is -0.348 e. The zero-order valence-electron chi connectivity index (χ0n) is 10.3. The highest BCUT2D eigenvalue weighted by molar-refractivity contribution is 5.98. The molecule has 0 saturated heterocycles. The summed E-state index contributed by atoms with van der Waals surface area (Å²) in [6.07, 6.45) is 13.3. The van der Waals surface area contributed by atoms with Gasteiger partial charge in [0.15, 0.2) is 0 Å². The molecule has 2 aliphatic carbocycles. The van der Waals surface area contributed by atoms with E-state index < -0.39 is 0 Å². The zero-order valence-corrected chi connectivity index (χ0v) is 10.3. The van der Waals surface area contributed by atoms with E-state index in [0.29, 0.717) is 12.1 Å². The molecule has 3 nitrogen and oxygen atoms in total. The maximum Gasteiger partial charge on any atom is 0.218 e. The average Bonchev–Trinajstić information content (AvgIpc) is 3.13. The number of nitrogens with one attached hydrogen (secondary N) is 1. The molecular weight excluding hydrogens is 210 g/mol. The summed E-state index contributed by atoms with van der Waals surface area (Å²) in [5.74, 6) is 1.66. The van der Waals surface area contributed by atoms with Crippen molar-refractivity contribution in [2.75, 3.05) is 0 Å². The van der Waals surface area contributed by atoms with Crippen LogP contribution in [0.15, 0.2) is 34.3 Å². The van der Waals surface area contributed by atoms with E-state index in [1.54, 1.807) is 0 Å². The summed E-state index contributed by atoms with van der Waals surface area (Å²) >= 11 is 0. The summed E-state index contributed by atoms with van der Waals surface area (Å²) < 4.78 is 0. The number of aliphatic imine (C=N–C) groups is 2. The number of hydrogen-bond donors (Lipinski definition) is 1. The molecule has 1 aliphatic heterocycles. The van der Waals surface area contributed by atoms with Gasteiger partial charge < -0.3 is 5.32 Å². The minimum absolute atomic E-state index is 0.355. The molecular formula is C14H19N3. The maximum absolute atomic E-state index is 4.75. The first-order valence-corrected chi connectivity index (χ1v) is 6.53. The molecule has 1 N–H and O–H groups in total. The fourth-order valence-electron chi connectivity index (χ4n) is 2.44. The van der Waals surface area contributed by atoms with Crippen molar-refractivity contribution in [2.45, 2.75) is 44.7 Å². The molecule has 3 aliphatic rings. The highest BCUT2D eigenvalue weighted by atomic mass is 15.2. The highest BCUT2D eigenvalue weighted by Gasteiger charge is 2.33. The third-order valence-corrected chi connectivity index (χ3v) is 3.55. The Hall–Kier alpha value is -1.38. The van der Waals surface area contributed by atoms with Crippen molar-refractivity contribution in [1.29, 1.82) is 0 Å². The van der Waals surface area contributed by atoms with Gasteiger partial charge in [0.25, 0.3) is 0 Å². The van der Waals surface area contributed by atoms with E-state index in [-0.39, 0.29) is 0 Å². The molecule has 3 heteroatoms. The number of hydrogen-bond acceptors (Lipinski definition) is 3. The molecule has 0 radical (unpaired) electrons. The summed E-state index contributed by atoms with van der Waals surface area (Å²) in [4.78, 5) is 9.28. The van der Waals surface area contributed by atoms with Crippen LogP contribution >= 0.6 is 0 Å². The van der Waals surface area contributed by atoms with Gasteiger partial charge in [-0.25, -0.2) is 9.98 Å². The largest absolute Gasteiger partial charge is 0.348 e. The first-order valence-electron chi connectivity index (χ1n) is 6.53. The lowest BCUT2D eigenvalue weighted by Crippen LogP contribution is -2.36. The summed E-state index contributed by atoms with van der Waals surface area (Å²) in [7, 11) is 0. The number of rotatable bonds is 2. The monoisotopic (exact) mass is 229 g/mol. The van der Waals surface area contributed by atoms with Gasteiger partial charge >= 0.3 is 0 Å². The van der Waals surface area contributed by atoms with Gasteiger partial charge in [0.2, 0.25) is 5.96 Å². The molecule has 1 heterocycles. The third-order valence-electron chi connectivity index (χ3n) is 3.55. The quantitative estimate of drug-likeness (QED) is 0.776. The van der Waals surface area contributed by atoms with Crippen LogP contribution in [0.25, 0.3) is 0 Å². The number of nitrogens with zero attached hydrogens (tertiary/aromatic N) is 2. The Labute approximate surface area is 102 Å². The van der Waals surface area contributed by atoms with Crippen LogP contribution in [0.2, 0.25) is 0 Å². The van der Waals surface area contributed by atoms with Crippen molar-refractivity contribution in [3.8, 4) is 0 Å². The molecule has 0 aromatic rings. The van der Waals surface area contributed by atoms with E-state index in [1.165, 1.54) is 18.6 Å². The van der Waals surface area contributed by atoms with Crippen molar-refractivity contribution < 1.29 is 0 Å². The van der Waals surface area contributed by atoms with E-state index in [1.807, 2.05) is 0 Å². The van der Waals surface area contributed by atoms with Crippen molar-refractivity contribution in [1.82, 2.24) is 5.32 Å². The fourth-order valence-corrected chi connectivity index (χ4v) is 2.44. The molecule has 1 fully saturated rings. The molecule has 0 amide bonds. The lowest BCUT2D eigenvalue weighted by atomic mass is 10.1. The van der Waals surface area contributed by atoms with E-state index in [2.05, 4.69) is 41.5 Å². The van der Waals surface area contributed by atoms with Crippen molar-refractivity contribution >= 4 is 11.7 Å². The summed E-state index contributed by atoms with van der Waals surface area (Å²) in [6.45, 7) is 2.11. The summed E-state index contributed by atoms with van der Waals surface area (Å²) in [6, 6.07) is 0.839. The average molecular weight is 229 g/mol. The van der Waals surface area contributed by atoms with Gasteiger partial charge in [0.05, 0.1) is 12.1 Å². The summed E-state index contributed by atoms with van der Waals surface area (Å²) in [5.41, 5.74) is 1.22. The van der Waals surface area contributed by atoms with Crippen LogP contribution in [0.5, 0.6) is 0 Å². The Morgan fingerprint density at radius 2 is 2.18 bits per heavy atom. The van der Waals surface area contributed by atoms with E-state index in [9.17, 15) is 0 Å². The molecule has 1 saturated carbocycles. The Bertz CT molecular complexity index is 413. The fraction of sp³-hybridized carbons (Fsp3) is 0.571. The second kappa shape index (κ2) is 4.47. The first-order chi connectivity index (χ1) is 8.31. The van der Waals surface area contributed by atoms with Gasteiger partial charge in [-0.15, -0.1) is 0 Å². The van der Waals surface area contributed by atoms with E-state index in [4.69, 9.17) is 4.99 Å².